The zero-order valence-electron chi connectivity index (χ0n) is 29.8. The van der Waals surface area contributed by atoms with Crippen LogP contribution in [0.5, 0.6) is 0 Å². The van der Waals surface area contributed by atoms with Crippen molar-refractivity contribution >= 4 is 76.3 Å². The Morgan fingerprint density at radius 3 is 1.76 bits per heavy atom. The third kappa shape index (κ3) is 4.50. The average Bonchev–Trinajstić information content (AvgIpc) is 3.91. The van der Waals surface area contributed by atoms with Crippen LogP contribution in [0.4, 0.5) is 0 Å². The lowest BCUT2D eigenvalue weighted by Gasteiger charge is -2.11. The van der Waals surface area contributed by atoms with Gasteiger partial charge in [-0.25, -0.2) is 0 Å². The van der Waals surface area contributed by atoms with Gasteiger partial charge in [-0.05, 0) is 94.2 Å². The first-order valence-corrected chi connectivity index (χ1v) is 18.8. The molecule has 0 aliphatic rings. The second-order valence-corrected chi connectivity index (χ2v) is 14.5. The molecule has 0 bridgehead atoms. The van der Waals surface area contributed by atoms with Crippen LogP contribution in [-0.4, -0.2) is 9.13 Å². The highest BCUT2D eigenvalue weighted by atomic mass is 16.3. The minimum Gasteiger partial charge on any atom is -0.455 e. The van der Waals surface area contributed by atoms with E-state index in [0.717, 1.165) is 38.8 Å². The first kappa shape index (κ1) is 30.1. The number of fused-ring (bicyclic) bond motifs is 10. The van der Waals surface area contributed by atoms with Crippen LogP contribution in [0.25, 0.3) is 110 Å². The number of hydrogen-bond donors (Lipinski definition) is 0. The maximum absolute atomic E-state index is 6.39. The van der Waals surface area contributed by atoms with Gasteiger partial charge in [-0.3, -0.25) is 0 Å². The molecule has 3 aromatic heterocycles. The molecule has 256 valence electrons. The Labute approximate surface area is 316 Å². The molecule has 0 fully saturated rings. The van der Waals surface area contributed by atoms with Crippen molar-refractivity contribution in [1.29, 1.82) is 0 Å². The molecule has 55 heavy (non-hydrogen) atoms. The summed E-state index contributed by atoms with van der Waals surface area (Å²) >= 11 is 0. The normalized spacial score (nSPS) is 12.0. The molecular formula is C52H32N2O. The van der Waals surface area contributed by atoms with Crippen LogP contribution in [-0.2, 0) is 0 Å². The zero-order valence-corrected chi connectivity index (χ0v) is 29.8. The number of aromatic nitrogens is 2. The predicted octanol–water partition coefficient (Wildman–Crippen LogP) is 14.3. The van der Waals surface area contributed by atoms with E-state index in [1.54, 1.807) is 0 Å². The van der Waals surface area contributed by atoms with E-state index < -0.39 is 0 Å². The largest absolute Gasteiger partial charge is 0.455 e. The van der Waals surface area contributed by atoms with Crippen molar-refractivity contribution in [3.8, 4) is 33.6 Å². The van der Waals surface area contributed by atoms with Crippen LogP contribution in [0, 0.1) is 0 Å². The van der Waals surface area contributed by atoms with Crippen molar-refractivity contribution in [2.75, 3.05) is 0 Å². The standard InChI is InChI=1S/C52H32N2O/c1-2-11-38(12-3-1)53-47-18-7-4-13-41(47)43-27-24-36(32-50(43)53)35-25-28-49-46(31-35)42-14-5-8-19-48(42)54(49)39-26-23-33-29-37(22-21-34(33)30-39)40-16-10-17-45-44-15-6-9-20-51(44)55-52(40)45/h1-32H. The van der Waals surface area contributed by atoms with E-state index in [9.17, 15) is 0 Å². The van der Waals surface area contributed by atoms with Gasteiger partial charge in [-0.15, -0.1) is 0 Å². The zero-order chi connectivity index (χ0) is 36.0. The summed E-state index contributed by atoms with van der Waals surface area (Å²) in [5, 5.41) is 9.70. The monoisotopic (exact) mass is 700 g/mol. The van der Waals surface area contributed by atoms with Crippen LogP contribution < -0.4 is 0 Å². The minimum atomic E-state index is 0.918. The molecule has 0 saturated heterocycles. The highest BCUT2D eigenvalue weighted by Crippen LogP contribution is 2.40. The Balaban J connectivity index is 0.981. The lowest BCUT2D eigenvalue weighted by atomic mass is 9.99. The van der Waals surface area contributed by atoms with Gasteiger partial charge in [0, 0.05) is 49.3 Å². The first-order valence-electron chi connectivity index (χ1n) is 18.8. The van der Waals surface area contributed by atoms with E-state index in [1.807, 2.05) is 12.1 Å². The Kier molecular flexibility index (Phi) is 6.34. The summed E-state index contributed by atoms with van der Waals surface area (Å²) in [6.07, 6.45) is 0. The number of para-hydroxylation sites is 5. The van der Waals surface area contributed by atoms with Gasteiger partial charge < -0.3 is 13.6 Å². The maximum atomic E-state index is 6.39. The van der Waals surface area contributed by atoms with Crippen LogP contribution in [0.1, 0.15) is 0 Å². The quantitative estimate of drug-likeness (QED) is 0.179. The van der Waals surface area contributed by atoms with Crippen LogP contribution in [0.15, 0.2) is 199 Å². The average molecular weight is 701 g/mol. The Morgan fingerprint density at radius 1 is 0.309 bits per heavy atom. The first-order chi connectivity index (χ1) is 27.3. The highest BCUT2D eigenvalue weighted by Gasteiger charge is 2.17. The number of hydrogen-bond acceptors (Lipinski definition) is 1. The molecule has 3 heteroatoms. The molecule has 3 nitrogen and oxygen atoms in total. The van der Waals surface area contributed by atoms with Gasteiger partial charge >= 0.3 is 0 Å². The number of furan rings is 1. The fraction of sp³-hybridized carbons (Fsp3) is 0. The van der Waals surface area contributed by atoms with Crippen molar-refractivity contribution in [2.24, 2.45) is 0 Å². The summed E-state index contributed by atoms with van der Waals surface area (Å²) in [6.45, 7) is 0. The van der Waals surface area contributed by atoms with Gasteiger partial charge in [0.05, 0.1) is 22.1 Å². The molecule has 0 amide bonds. The SMILES string of the molecule is c1ccc(-n2c3ccccc3c3ccc(-c4ccc5c(c4)c4ccccc4n5-c4ccc5cc(-c6cccc7c6oc6ccccc67)ccc5c4)cc32)cc1. The van der Waals surface area contributed by atoms with E-state index in [4.69, 9.17) is 4.42 Å². The molecule has 0 radical (unpaired) electrons. The molecule has 3 heterocycles. The third-order valence-corrected chi connectivity index (χ3v) is 11.5. The van der Waals surface area contributed by atoms with Crippen molar-refractivity contribution in [1.82, 2.24) is 9.13 Å². The summed E-state index contributed by atoms with van der Waals surface area (Å²) < 4.78 is 11.2. The summed E-state index contributed by atoms with van der Waals surface area (Å²) in [5.74, 6) is 0. The predicted molar refractivity (Wildman–Crippen MR) is 231 cm³/mol. The molecule has 12 rings (SSSR count). The number of rotatable bonds is 4. The van der Waals surface area contributed by atoms with Gasteiger partial charge in [0.1, 0.15) is 11.2 Å². The molecule has 9 aromatic carbocycles. The molecule has 0 aliphatic heterocycles. The molecule has 0 spiro atoms. The summed E-state index contributed by atoms with van der Waals surface area (Å²) in [4.78, 5) is 0. The molecule has 12 aromatic rings. The minimum absolute atomic E-state index is 0.918. The van der Waals surface area contributed by atoms with E-state index in [2.05, 4.69) is 191 Å². The van der Waals surface area contributed by atoms with Crippen molar-refractivity contribution in [2.45, 2.75) is 0 Å². The van der Waals surface area contributed by atoms with Crippen LogP contribution >= 0.6 is 0 Å². The molecular weight excluding hydrogens is 669 g/mol. The molecule has 0 saturated carbocycles. The van der Waals surface area contributed by atoms with Gasteiger partial charge in [0.2, 0.25) is 0 Å². The molecule has 0 N–H and O–H groups in total. The lowest BCUT2D eigenvalue weighted by Crippen LogP contribution is -1.94. The lowest BCUT2D eigenvalue weighted by molar-refractivity contribution is 0.670. The van der Waals surface area contributed by atoms with Crippen molar-refractivity contribution in [3.05, 3.63) is 194 Å². The maximum Gasteiger partial charge on any atom is 0.143 e. The Bertz CT molecular complexity index is 3490. The smallest absolute Gasteiger partial charge is 0.143 e. The molecule has 0 aliphatic carbocycles. The Morgan fingerprint density at radius 2 is 0.909 bits per heavy atom. The van der Waals surface area contributed by atoms with Crippen molar-refractivity contribution in [3.63, 3.8) is 0 Å². The third-order valence-electron chi connectivity index (χ3n) is 11.5. The summed E-state index contributed by atoms with van der Waals surface area (Å²) in [7, 11) is 0. The van der Waals surface area contributed by atoms with E-state index in [0.29, 0.717) is 0 Å². The van der Waals surface area contributed by atoms with Crippen LogP contribution in [0.2, 0.25) is 0 Å². The highest BCUT2D eigenvalue weighted by molar-refractivity contribution is 6.13. The topological polar surface area (TPSA) is 23.0 Å². The van der Waals surface area contributed by atoms with Crippen molar-refractivity contribution < 1.29 is 4.42 Å². The van der Waals surface area contributed by atoms with Gasteiger partial charge in [0.25, 0.3) is 0 Å². The molecule has 0 unspecified atom stereocenters. The number of benzene rings is 9. The fourth-order valence-electron chi connectivity index (χ4n) is 8.95. The van der Waals surface area contributed by atoms with E-state index in [-0.39, 0.29) is 0 Å². The van der Waals surface area contributed by atoms with Gasteiger partial charge in [0.15, 0.2) is 0 Å². The second kappa shape index (κ2) is 11.6. The fourth-order valence-corrected chi connectivity index (χ4v) is 8.95. The van der Waals surface area contributed by atoms with E-state index >= 15 is 0 Å². The summed E-state index contributed by atoms with van der Waals surface area (Å²) in [5.41, 5.74) is 13.6. The van der Waals surface area contributed by atoms with Crippen LogP contribution in [0.3, 0.4) is 0 Å². The summed E-state index contributed by atoms with van der Waals surface area (Å²) in [6, 6.07) is 70.3. The number of nitrogens with zero attached hydrogens (tertiary/aromatic N) is 2. The van der Waals surface area contributed by atoms with Gasteiger partial charge in [-0.1, -0.05) is 127 Å². The van der Waals surface area contributed by atoms with Gasteiger partial charge in [-0.2, -0.15) is 0 Å². The van der Waals surface area contributed by atoms with E-state index in [1.165, 1.54) is 71.2 Å². The second-order valence-electron chi connectivity index (χ2n) is 14.5. The molecule has 0 atom stereocenters. The Hall–Kier alpha value is -7.36.